The van der Waals surface area contributed by atoms with E-state index in [4.69, 9.17) is 23.2 Å². The number of pyridine rings is 1. The van der Waals surface area contributed by atoms with Gasteiger partial charge in [0, 0.05) is 32.0 Å². The molecule has 0 radical (unpaired) electrons. The molecule has 0 saturated heterocycles. The fraction of sp³-hybridized carbons (Fsp3) is 0.333. The summed E-state index contributed by atoms with van der Waals surface area (Å²) in [5.41, 5.74) is 1.18. The van der Waals surface area contributed by atoms with Gasteiger partial charge in [-0.2, -0.15) is 0 Å². The van der Waals surface area contributed by atoms with E-state index in [0.717, 1.165) is 10.1 Å². The number of allylic oxidation sites excluding steroid dienone is 4. The van der Waals surface area contributed by atoms with E-state index in [1.54, 1.807) is 29.9 Å². The van der Waals surface area contributed by atoms with E-state index in [1.807, 2.05) is 18.2 Å². The Balaban J connectivity index is 1.97. The second-order valence-electron chi connectivity index (χ2n) is 7.31. The van der Waals surface area contributed by atoms with Crippen molar-refractivity contribution < 1.29 is 5.11 Å². The van der Waals surface area contributed by atoms with E-state index < -0.39 is 11.2 Å². The highest BCUT2D eigenvalue weighted by Crippen LogP contribution is 2.26. The van der Waals surface area contributed by atoms with Crippen LogP contribution in [0.25, 0.3) is 16.7 Å². The Kier molecular flexibility index (Phi) is 6.13. The summed E-state index contributed by atoms with van der Waals surface area (Å²) in [6.45, 7) is 0.268. The SMILES string of the molecule is Cn1c(=O)n(CCCO)c(=O)c2c1nc(C1=CCC(Cl)C=C1)n2Cc1ccc(Cl)cn1. The minimum absolute atomic E-state index is 0.0976. The van der Waals surface area contributed by atoms with Crippen LogP contribution >= 0.6 is 23.2 Å². The van der Waals surface area contributed by atoms with E-state index in [0.29, 0.717) is 40.5 Å². The molecule has 1 N–H and O–H groups in total. The van der Waals surface area contributed by atoms with Crippen molar-refractivity contribution in [3.63, 3.8) is 0 Å². The molecule has 0 spiro atoms. The Morgan fingerprint density at radius 3 is 2.71 bits per heavy atom. The number of nitrogens with zero attached hydrogens (tertiary/aromatic N) is 5. The minimum Gasteiger partial charge on any atom is -0.396 e. The van der Waals surface area contributed by atoms with Crippen molar-refractivity contribution in [2.24, 2.45) is 7.05 Å². The summed E-state index contributed by atoms with van der Waals surface area (Å²) in [4.78, 5) is 35.1. The van der Waals surface area contributed by atoms with Crippen molar-refractivity contribution >= 4 is 39.9 Å². The summed E-state index contributed by atoms with van der Waals surface area (Å²) in [5.74, 6) is 0.554. The predicted octanol–water partition coefficient (Wildman–Crippen LogP) is 2.33. The van der Waals surface area contributed by atoms with Crippen LogP contribution in [0.5, 0.6) is 0 Å². The summed E-state index contributed by atoms with van der Waals surface area (Å²) >= 11 is 12.1. The largest absolute Gasteiger partial charge is 0.396 e. The van der Waals surface area contributed by atoms with Crippen LogP contribution in [0, 0.1) is 0 Å². The van der Waals surface area contributed by atoms with Gasteiger partial charge in [0.15, 0.2) is 11.2 Å². The number of imidazole rings is 1. The fourth-order valence-corrected chi connectivity index (χ4v) is 3.87. The number of aliphatic hydroxyl groups excluding tert-OH is 1. The second-order valence-corrected chi connectivity index (χ2v) is 8.30. The van der Waals surface area contributed by atoms with Gasteiger partial charge in [-0.3, -0.25) is 18.9 Å². The maximum absolute atomic E-state index is 13.3. The van der Waals surface area contributed by atoms with Crippen LogP contribution in [0.1, 0.15) is 24.4 Å². The molecule has 31 heavy (non-hydrogen) atoms. The Morgan fingerprint density at radius 1 is 1.26 bits per heavy atom. The van der Waals surface area contributed by atoms with Gasteiger partial charge in [-0.25, -0.2) is 9.78 Å². The highest BCUT2D eigenvalue weighted by molar-refractivity contribution is 6.30. The molecule has 0 amide bonds. The molecule has 1 atom stereocenters. The van der Waals surface area contributed by atoms with Gasteiger partial charge in [0.25, 0.3) is 5.56 Å². The van der Waals surface area contributed by atoms with Crippen LogP contribution in [0.3, 0.4) is 0 Å². The molecule has 1 aliphatic carbocycles. The first-order valence-corrected chi connectivity index (χ1v) is 10.7. The van der Waals surface area contributed by atoms with Crippen molar-refractivity contribution in [3.05, 3.63) is 73.9 Å². The zero-order valence-corrected chi connectivity index (χ0v) is 18.3. The number of alkyl halides is 1. The van der Waals surface area contributed by atoms with E-state index in [-0.39, 0.29) is 25.1 Å². The van der Waals surface area contributed by atoms with Gasteiger partial charge >= 0.3 is 5.69 Å². The summed E-state index contributed by atoms with van der Waals surface area (Å²) in [6, 6.07) is 3.51. The topological polar surface area (TPSA) is 94.9 Å². The molecule has 1 aliphatic rings. The molecule has 162 valence electrons. The Bertz CT molecular complexity index is 1300. The lowest BCUT2D eigenvalue weighted by atomic mass is 10.1. The first-order valence-electron chi connectivity index (χ1n) is 9.85. The zero-order valence-electron chi connectivity index (χ0n) is 16.8. The van der Waals surface area contributed by atoms with Crippen LogP contribution in [0.15, 0.2) is 46.1 Å². The predicted molar refractivity (Wildman–Crippen MR) is 121 cm³/mol. The molecule has 8 nitrogen and oxygen atoms in total. The summed E-state index contributed by atoms with van der Waals surface area (Å²) < 4.78 is 4.27. The Hall–Kier alpha value is -2.68. The summed E-state index contributed by atoms with van der Waals surface area (Å²) in [6.07, 6.45) is 8.19. The summed E-state index contributed by atoms with van der Waals surface area (Å²) in [7, 11) is 1.58. The molecule has 0 saturated carbocycles. The third-order valence-corrected chi connectivity index (χ3v) is 5.73. The lowest BCUT2D eigenvalue weighted by Crippen LogP contribution is -2.40. The third kappa shape index (κ3) is 4.11. The average Bonchev–Trinajstić information content (AvgIpc) is 3.14. The van der Waals surface area contributed by atoms with Gasteiger partial charge in [-0.05, 0) is 25.0 Å². The van der Waals surface area contributed by atoms with E-state index in [2.05, 4.69) is 9.97 Å². The molecule has 3 aromatic rings. The van der Waals surface area contributed by atoms with Crippen LogP contribution in [-0.2, 0) is 20.1 Å². The van der Waals surface area contributed by atoms with Gasteiger partial charge in [0.2, 0.25) is 0 Å². The van der Waals surface area contributed by atoms with Gasteiger partial charge in [-0.15, -0.1) is 11.6 Å². The van der Waals surface area contributed by atoms with Crippen molar-refractivity contribution in [1.82, 2.24) is 23.7 Å². The maximum Gasteiger partial charge on any atom is 0.332 e. The van der Waals surface area contributed by atoms with Gasteiger partial charge in [0.05, 0.1) is 22.6 Å². The number of aliphatic hydroxyl groups is 1. The number of hydrogen-bond acceptors (Lipinski definition) is 5. The Morgan fingerprint density at radius 2 is 2.06 bits per heavy atom. The van der Waals surface area contributed by atoms with Crippen molar-refractivity contribution in [3.8, 4) is 0 Å². The van der Waals surface area contributed by atoms with Crippen molar-refractivity contribution in [2.75, 3.05) is 6.61 Å². The molecule has 3 heterocycles. The first kappa shape index (κ1) is 21.5. The number of halogens is 2. The Labute approximate surface area is 187 Å². The lowest BCUT2D eigenvalue weighted by molar-refractivity contribution is 0.277. The zero-order chi connectivity index (χ0) is 22.1. The van der Waals surface area contributed by atoms with Crippen molar-refractivity contribution in [1.29, 1.82) is 0 Å². The van der Waals surface area contributed by atoms with Crippen LogP contribution in [0.2, 0.25) is 5.02 Å². The van der Waals surface area contributed by atoms with Gasteiger partial charge < -0.3 is 9.67 Å². The number of rotatable bonds is 6. The van der Waals surface area contributed by atoms with E-state index >= 15 is 0 Å². The fourth-order valence-electron chi connectivity index (χ4n) is 3.59. The highest BCUT2D eigenvalue weighted by atomic mass is 35.5. The molecule has 0 bridgehead atoms. The molecule has 0 aromatic carbocycles. The minimum atomic E-state index is -0.472. The molecular formula is C21H21Cl2N5O3. The third-order valence-electron chi connectivity index (χ3n) is 5.19. The first-order chi connectivity index (χ1) is 14.9. The van der Waals surface area contributed by atoms with Crippen LogP contribution < -0.4 is 11.2 Å². The van der Waals surface area contributed by atoms with Crippen molar-refractivity contribution in [2.45, 2.75) is 31.3 Å². The average molecular weight is 462 g/mol. The maximum atomic E-state index is 13.3. The molecular weight excluding hydrogens is 441 g/mol. The number of hydrogen-bond donors (Lipinski definition) is 1. The van der Waals surface area contributed by atoms with E-state index in [9.17, 15) is 14.7 Å². The summed E-state index contributed by atoms with van der Waals surface area (Å²) in [5, 5.41) is 9.59. The molecule has 0 fully saturated rings. The number of aromatic nitrogens is 5. The van der Waals surface area contributed by atoms with Crippen LogP contribution in [0.4, 0.5) is 0 Å². The van der Waals surface area contributed by atoms with E-state index in [1.165, 1.54) is 4.57 Å². The van der Waals surface area contributed by atoms with Crippen LogP contribution in [-0.4, -0.2) is 40.8 Å². The molecule has 0 aliphatic heterocycles. The smallest absolute Gasteiger partial charge is 0.332 e. The second kappa shape index (κ2) is 8.82. The highest BCUT2D eigenvalue weighted by Gasteiger charge is 2.23. The molecule has 3 aromatic heterocycles. The molecule has 1 unspecified atom stereocenters. The molecule has 4 rings (SSSR count). The monoisotopic (exact) mass is 461 g/mol. The van der Waals surface area contributed by atoms with Gasteiger partial charge in [-0.1, -0.05) is 29.8 Å². The number of aryl methyl sites for hydroxylation is 1. The standard InChI is InChI=1S/C21H21Cl2N5O3/c1-26-19-17(20(30)27(21(26)31)9-2-10-29)28(12-16-8-7-15(23)11-24-16)18(25-19)13-3-5-14(22)6-4-13/h3-5,7-8,11,14,29H,2,6,9-10,12H2,1H3. The normalized spacial score (nSPS) is 16.1. The molecule has 10 heteroatoms. The van der Waals surface area contributed by atoms with Gasteiger partial charge in [0.1, 0.15) is 5.82 Å². The quantitative estimate of drug-likeness (QED) is 0.568. The lowest BCUT2D eigenvalue weighted by Gasteiger charge is -2.13. The number of fused-ring (bicyclic) bond motifs is 1.